The molecule has 2 aromatic rings. The molecule has 0 radical (unpaired) electrons. The summed E-state index contributed by atoms with van der Waals surface area (Å²) in [6.07, 6.45) is 5.34. The summed E-state index contributed by atoms with van der Waals surface area (Å²) in [5, 5.41) is 2.72. The van der Waals surface area contributed by atoms with Crippen molar-refractivity contribution in [3.05, 3.63) is 54.1 Å². The molecule has 6 nitrogen and oxygen atoms in total. The zero-order chi connectivity index (χ0) is 14.7. The van der Waals surface area contributed by atoms with E-state index in [1.165, 1.54) is 0 Å². The molecule has 1 aliphatic rings. The number of carbonyl (C=O) groups is 2. The molecule has 1 N–H and O–H groups in total. The highest BCUT2D eigenvalue weighted by Gasteiger charge is 2.22. The molecule has 2 heterocycles. The Morgan fingerprint density at radius 2 is 2.29 bits per heavy atom. The molecule has 3 rings (SSSR count). The number of nitrogens with one attached hydrogen (secondary N) is 1. The van der Waals surface area contributed by atoms with E-state index in [2.05, 4.69) is 10.3 Å². The molecule has 0 spiro atoms. The fourth-order valence-electron chi connectivity index (χ4n) is 2.39. The van der Waals surface area contributed by atoms with Crippen LogP contribution in [0.5, 0.6) is 0 Å². The van der Waals surface area contributed by atoms with E-state index in [0.29, 0.717) is 25.2 Å². The third-order valence-corrected chi connectivity index (χ3v) is 3.42. The molecule has 6 heteroatoms. The van der Waals surface area contributed by atoms with Gasteiger partial charge in [-0.2, -0.15) is 0 Å². The van der Waals surface area contributed by atoms with Gasteiger partial charge in [0.05, 0.1) is 12.9 Å². The molecular formula is C15H16N4O2. The zero-order valence-corrected chi connectivity index (χ0v) is 11.5. The molecule has 1 aromatic heterocycles. The molecule has 1 saturated heterocycles. The van der Waals surface area contributed by atoms with Gasteiger partial charge in [0, 0.05) is 37.6 Å². The predicted octanol–water partition coefficient (Wildman–Crippen LogP) is 0.503. The number of nitrogens with zero attached hydrogens (tertiary/aromatic N) is 3. The van der Waals surface area contributed by atoms with Crippen LogP contribution in [0.2, 0.25) is 0 Å². The van der Waals surface area contributed by atoms with Crippen molar-refractivity contribution < 1.29 is 9.59 Å². The van der Waals surface area contributed by atoms with Gasteiger partial charge in [-0.1, -0.05) is 12.1 Å². The molecule has 1 aliphatic heterocycles. The molecule has 0 atom stereocenters. The first-order chi connectivity index (χ1) is 10.2. The van der Waals surface area contributed by atoms with Crippen molar-refractivity contribution in [3.63, 3.8) is 0 Å². The van der Waals surface area contributed by atoms with Gasteiger partial charge in [0.15, 0.2) is 0 Å². The van der Waals surface area contributed by atoms with Crippen molar-refractivity contribution >= 4 is 11.8 Å². The molecular weight excluding hydrogens is 268 g/mol. The Bertz CT molecular complexity index is 651. The minimum atomic E-state index is -0.107. The topological polar surface area (TPSA) is 67.2 Å². The molecule has 0 saturated carbocycles. The molecule has 108 valence electrons. The minimum absolute atomic E-state index is 0.0997. The van der Waals surface area contributed by atoms with Crippen molar-refractivity contribution in [2.24, 2.45) is 0 Å². The van der Waals surface area contributed by atoms with Crippen molar-refractivity contribution in [1.29, 1.82) is 0 Å². The second kappa shape index (κ2) is 5.78. The van der Waals surface area contributed by atoms with Crippen molar-refractivity contribution in [1.82, 2.24) is 19.8 Å². The number of aromatic nitrogens is 2. The van der Waals surface area contributed by atoms with Crippen LogP contribution in [-0.4, -0.2) is 45.9 Å². The summed E-state index contributed by atoms with van der Waals surface area (Å²) in [4.78, 5) is 29.4. The maximum Gasteiger partial charge on any atom is 0.254 e. The fourth-order valence-corrected chi connectivity index (χ4v) is 2.39. The number of benzene rings is 1. The lowest BCUT2D eigenvalue weighted by Crippen LogP contribution is -2.49. The van der Waals surface area contributed by atoms with Crippen LogP contribution in [0.4, 0.5) is 0 Å². The van der Waals surface area contributed by atoms with E-state index < -0.39 is 0 Å². The molecule has 1 fully saturated rings. The number of amides is 2. The SMILES string of the molecule is O=C1CN(C(=O)c2cccc(Cn3ccnc3)c2)CCN1. The van der Waals surface area contributed by atoms with E-state index in [-0.39, 0.29) is 18.4 Å². The summed E-state index contributed by atoms with van der Waals surface area (Å²) in [6.45, 7) is 1.86. The number of rotatable bonds is 3. The smallest absolute Gasteiger partial charge is 0.254 e. The van der Waals surface area contributed by atoms with E-state index in [1.54, 1.807) is 23.5 Å². The lowest BCUT2D eigenvalue weighted by molar-refractivity contribution is -0.123. The van der Waals surface area contributed by atoms with Crippen LogP contribution in [0.1, 0.15) is 15.9 Å². The Kier molecular flexibility index (Phi) is 3.68. The Hall–Kier alpha value is -2.63. The van der Waals surface area contributed by atoms with E-state index >= 15 is 0 Å². The van der Waals surface area contributed by atoms with E-state index in [9.17, 15) is 9.59 Å². The molecule has 2 amide bonds. The third kappa shape index (κ3) is 3.10. The lowest BCUT2D eigenvalue weighted by atomic mass is 10.1. The Balaban J connectivity index is 1.75. The lowest BCUT2D eigenvalue weighted by Gasteiger charge is -2.26. The van der Waals surface area contributed by atoms with Crippen molar-refractivity contribution in [3.8, 4) is 0 Å². The van der Waals surface area contributed by atoms with Crippen LogP contribution >= 0.6 is 0 Å². The number of hydrogen-bond donors (Lipinski definition) is 1. The average molecular weight is 284 g/mol. The monoisotopic (exact) mass is 284 g/mol. The standard InChI is InChI=1S/C15H16N4O2/c20-14-10-19(7-5-17-14)15(21)13-3-1-2-12(8-13)9-18-6-4-16-11-18/h1-4,6,8,11H,5,7,9-10H2,(H,17,20). The number of piperazine rings is 1. The van der Waals surface area contributed by atoms with Gasteiger partial charge in [-0.3, -0.25) is 9.59 Å². The van der Waals surface area contributed by atoms with Gasteiger partial charge in [-0.15, -0.1) is 0 Å². The Labute approximate surface area is 122 Å². The summed E-state index contributed by atoms with van der Waals surface area (Å²) in [5.41, 5.74) is 1.64. The average Bonchev–Trinajstić information content (AvgIpc) is 3.00. The molecule has 0 bridgehead atoms. The van der Waals surface area contributed by atoms with Crippen LogP contribution in [0, 0.1) is 0 Å². The van der Waals surface area contributed by atoms with Crippen LogP contribution in [-0.2, 0) is 11.3 Å². The first-order valence-corrected chi connectivity index (χ1v) is 6.83. The molecule has 0 unspecified atom stereocenters. The molecule has 1 aromatic carbocycles. The predicted molar refractivity (Wildman–Crippen MR) is 76.7 cm³/mol. The highest BCUT2D eigenvalue weighted by atomic mass is 16.2. The highest BCUT2D eigenvalue weighted by molar-refractivity contribution is 5.97. The first-order valence-electron chi connectivity index (χ1n) is 6.83. The summed E-state index contributed by atoms with van der Waals surface area (Å²) in [5.74, 6) is -0.207. The van der Waals surface area contributed by atoms with Crippen molar-refractivity contribution in [2.75, 3.05) is 19.6 Å². The molecule has 21 heavy (non-hydrogen) atoms. The summed E-state index contributed by atoms with van der Waals surface area (Å²) in [7, 11) is 0. The van der Waals surface area contributed by atoms with Gasteiger partial charge in [-0.05, 0) is 17.7 Å². The summed E-state index contributed by atoms with van der Waals surface area (Å²) in [6, 6.07) is 7.49. The summed E-state index contributed by atoms with van der Waals surface area (Å²) < 4.78 is 1.94. The third-order valence-electron chi connectivity index (χ3n) is 3.42. The fraction of sp³-hybridized carbons (Fsp3) is 0.267. The number of hydrogen-bond acceptors (Lipinski definition) is 3. The first kappa shape index (κ1) is 13.4. The van der Waals surface area contributed by atoms with Crippen LogP contribution in [0.15, 0.2) is 43.0 Å². The second-order valence-electron chi connectivity index (χ2n) is 5.01. The van der Waals surface area contributed by atoms with Crippen LogP contribution in [0.3, 0.4) is 0 Å². The second-order valence-corrected chi connectivity index (χ2v) is 5.01. The Morgan fingerprint density at radius 3 is 3.05 bits per heavy atom. The van der Waals surface area contributed by atoms with Crippen molar-refractivity contribution in [2.45, 2.75) is 6.54 Å². The van der Waals surface area contributed by atoms with Gasteiger partial charge >= 0.3 is 0 Å². The van der Waals surface area contributed by atoms with Gasteiger partial charge in [0.1, 0.15) is 0 Å². The van der Waals surface area contributed by atoms with Gasteiger partial charge < -0.3 is 14.8 Å². The highest BCUT2D eigenvalue weighted by Crippen LogP contribution is 2.11. The summed E-state index contributed by atoms with van der Waals surface area (Å²) >= 11 is 0. The zero-order valence-electron chi connectivity index (χ0n) is 11.5. The van der Waals surface area contributed by atoms with Crippen LogP contribution < -0.4 is 5.32 Å². The van der Waals surface area contributed by atoms with Crippen LogP contribution in [0.25, 0.3) is 0 Å². The van der Waals surface area contributed by atoms with E-state index in [0.717, 1.165) is 5.56 Å². The van der Waals surface area contributed by atoms with E-state index in [4.69, 9.17) is 0 Å². The largest absolute Gasteiger partial charge is 0.353 e. The maximum atomic E-state index is 12.4. The van der Waals surface area contributed by atoms with Gasteiger partial charge in [-0.25, -0.2) is 4.98 Å². The minimum Gasteiger partial charge on any atom is -0.353 e. The van der Waals surface area contributed by atoms with E-state index in [1.807, 2.05) is 29.0 Å². The van der Waals surface area contributed by atoms with Gasteiger partial charge in [0.25, 0.3) is 5.91 Å². The molecule has 0 aliphatic carbocycles. The quantitative estimate of drug-likeness (QED) is 0.892. The maximum absolute atomic E-state index is 12.4. The Morgan fingerprint density at radius 1 is 1.38 bits per heavy atom. The number of imidazole rings is 1. The normalized spacial score (nSPS) is 14.9. The van der Waals surface area contributed by atoms with Gasteiger partial charge in [0.2, 0.25) is 5.91 Å². The number of carbonyl (C=O) groups excluding carboxylic acids is 2.